The number of nitrogens with one attached hydrogen (secondary N) is 1. The third kappa shape index (κ3) is 5.29. The molecule has 0 saturated carbocycles. The molecule has 0 aliphatic heterocycles. The number of rotatable bonds is 5. The summed E-state index contributed by atoms with van der Waals surface area (Å²) in [5.74, 6) is 0.210. The van der Waals surface area contributed by atoms with Gasteiger partial charge in [-0.3, -0.25) is 10.1 Å². The van der Waals surface area contributed by atoms with Gasteiger partial charge in [-0.15, -0.1) is 0 Å². The second kappa shape index (κ2) is 5.97. The number of hydrogen-bond acceptors (Lipinski definition) is 5. The summed E-state index contributed by atoms with van der Waals surface area (Å²) in [5.41, 5.74) is 5.41. The molecule has 0 aliphatic rings. The number of nitrogens with zero attached hydrogens (tertiary/aromatic N) is 2. The number of halogens is 1. The third-order valence-corrected chi connectivity index (χ3v) is 2.32. The first-order valence-electron chi connectivity index (χ1n) is 5.47. The van der Waals surface area contributed by atoms with Gasteiger partial charge in [0.1, 0.15) is 5.15 Å². The number of methoxy groups -OCH3 is 1. The summed E-state index contributed by atoms with van der Waals surface area (Å²) in [4.78, 5) is 19.5. The summed E-state index contributed by atoms with van der Waals surface area (Å²) in [7, 11) is 1.46. The summed E-state index contributed by atoms with van der Waals surface area (Å²) < 4.78 is 4.92. The van der Waals surface area contributed by atoms with Gasteiger partial charge in [0.25, 0.3) is 0 Å². The number of aromatic nitrogens is 2. The largest absolute Gasteiger partial charge is 0.481 e. The Morgan fingerprint density at radius 2 is 2.22 bits per heavy atom. The molecule has 0 bridgehead atoms. The fourth-order valence-electron chi connectivity index (χ4n) is 1.18. The Kier molecular flexibility index (Phi) is 4.86. The van der Waals surface area contributed by atoms with E-state index in [1.165, 1.54) is 13.2 Å². The SMILES string of the molecule is COc1cc(Cl)nc(NC(=O)CCC(C)(C)N)n1. The minimum Gasteiger partial charge on any atom is -0.481 e. The Bertz CT molecular complexity index is 432. The van der Waals surface area contributed by atoms with Crippen molar-refractivity contribution in [3.8, 4) is 5.88 Å². The fourth-order valence-corrected chi connectivity index (χ4v) is 1.35. The van der Waals surface area contributed by atoms with Crippen LogP contribution in [0.4, 0.5) is 5.95 Å². The van der Waals surface area contributed by atoms with Gasteiger partial charge >= 0.3 is 0 Å². The molecular formula is C11H17ClN4O2. The second-order valence-electron chi connectivity index (χ2n) is 4.59. The van der Waals surface area contributed by atoms with E-state index < -0.39 is 0 Å². The maximum Gasteiger partial charge on any atom is 0.234 e. The molecule has 7 heteroatoms. The second-order valence-corrected chi connectivity index (χ2v) is 4.98. The van der Waals surface area contributed by atoms with E-state index in [0.29, 0.717) is 18.7 Å². The van der Waals surface area contributed by atoms with E-state index in [1.54, 1.807) is 0 Å². The molecule has 0 atom stereocenters. The summed E-state index contributed by atoms with van der Waals surface area (Å²) in [6.45, 7) is 3.72. The zero-order valence-electron chi connectivity index (χ0n) is 10.7. The number of carbonyl (C=O) groups is 1. The zero-order valence-corrected chi connectivity index (χ0v) is 11.4. The van der Waals surface area contributed by atoms with Gasteiger partial charge in [-0.1, -0.05) is 11.6 Å². The minimum atomic E-state index is -0.385. The molecule has 6 nitrogen and oxygen atoms in total. The van der Waals surface area contributed by atoms with Gasteiger partial charge in [0, 0.05) is 18.0 Å². The maximum absolute atomic E-state index is 11.6. The number of ether oxygens (including phenoxy) is 1. The summed E-state index contributed by atoms with van der Waals surface area (Å²) in [6.07, 6.45) is 0.859. The van der Waals surface area contributed by atoms with Crippen LogP contribution in [0.25, 0.3) is 0 Å². The first-order valence-corrected chi connectivity index (χ1v) is 5.85. The normalized spacial score (nSPS) is 11.2. The van der Waals surface area contributed by atoms with Crippen LogP contribution < -0.4 is 15.8 Å². The minimum absolute atomic E-state index is 0.124. The van der Waals surface area contributed by atoms with Crippen molar-refractivity contribution in [1.82, 2.24) is 9.97 Å². The molecular weight excluding hydrogens is 256 g/mol. The van der Waals surface area contributed by atoms with Gasteiger partial charge in [-0.25, -0.2) is 4.98 Å². The molecule has 1 heterocycles. The molecule has 0 aromatic carbocycles. The Balaban J connectivity index is 2.61. The van der Waals surface area contributed by atoms with Crippen LogP contribution in [-0.4, -0.2) is 28.5 Å². The molecule has 0 radical (unpaired) electrons. The molecule has 3 N–H and O–H groups in total. The lowest BCUT2D eigenvalue weighted by molar-refractivity contribution is -0.116. The smallest absolute Gasteiger partial charge is 0.234 e. The van der Waals surface area contributed by atoms with Crippen molar-refractivity contribution in [3.05, 3.63) is 11.2 Å². The first-order chi connectivity index (χ1) is 8.30. The Morgan fingerprint density at radius 1 is 1.56 bits per heavy atom. The topological polar surface area (TPSA) is 90.1 Å². The monoisotopic (exact) mass is 272 g/mol. The molecule has 1 aromatic rings. The molecule has 0 spiro atoms. The van der Waals surface area contributed by atoms with Crippen LogP contribution in [-0.2, 0) is 4.79 Å². The molecule has 0 aliphatic carbocycles. The van der Waals surface area contributed by atoms with E-state index in [9.17, 15) is 4.79 Å². The number of amides is 1. The van der Waals surface area contributed by atoms with E-state index in [0.717, 1.165) is 0 Å². The molecule has 0 fully saturated rings. The maximum atomic E-state index is 11.6. The Labute approximate surface area is 111 Å². The van der Waals surface area contributed by atoms with Gasteiger partial charge in [-0.05, 0) is 20.3 Å². The van der Waals surface area contributed by atoms with Crippen LogP contribution in [0.15, 0.2) is 6.07 Å². The first kappa shape index (κ1) is 14.7. The van der Waals surface area contributed by atoms with Crippen molar-refractivity contribution < 1.29 is 9.53 Å². The van der Waals surface area contributed by atoms with Crippen molar-refractivity contribution >= 4 is 23.5 Å². The number of hydrogen-bond donors (Lipinski definition) is 2. The van der Waals surface area contributed by atoms with Crippen LogP contribution in [0.5, 0.6) is 5.88 Å². The zero-order chi connectivity index (χ0) is 13.8. The van der Waals surface area contributed by atoms with Crippen LogP contribution in [0.2, 0.25) is 5.15 Å². The predicted molar refractivity (Wildman–Crippen MR) is 69.7 cm³/mol. The average molecular weight is 273 g/mol. The summed E-state index contributed by atoms with van der Waals surface area (Å²) in [6, 6.07) is 1.46. The van der Waals surface area contributed by atoms with E-state index in [1.807, 2.05) is 13.8 Å². The van der Waals surface area contributed by atoms with Gasteiger partial charge in [0.05, 0.1) is 7.11 Å². The summed E-state index contributed by atoms with van der Waals surface area (Å²) in [5, 5.41) is 2.75. The van der Waals surface area contributed by atoms with E-state index in [2.05, 4.69) is 15.3 Å². The highest BCUT2D eigenvalue weighted by Gasteiger charge is 2.14. The lowest BCUT2D eigenvalue weighted by Crippen LogP contribution is -2.33. The molecule has 0 unspecified atom stereocenters. The van der Waals surface area contributed by atoms with Crippen molar-refractivity contribution in [2.45, 2.75) is 32.2 Å². The number of carbonyl (C=O) groups excluding carboxylic acids is 1. The van der Waals surface area contributed by atoms with E-state index in [4.69, 9.17) is 22.1 Å². The average Bonchev–Trinajstić information content (AvgIpc) is 2.24. The van der Waals surface area contributed by atoms with Crippen molar-refractivity contribution in [3.63, 3.8) is 0 Å². The molecule has 1 aromatic heterocycles. The van der Waals surface area contributed by atoms with Gasteiger partial charge in [0.15, 0.2) is 0 Å². The van der Waals surface area contributed by atoms with Crippen LogP contribution in [0.1, 0.15) is 26.7 Å². The highest BCUT2D eigenvalue weighted by atomic mass is 35.5. The lowest BCUT2D eigenvalue weighted by Gasteiger charge is -2.17. The Hall–Kier alpha value is -1.40. The predicted octanol–water partition coefficient (Wildman–Crippen LogP) is 1.59. The van der Waals surface area contributed by atoms with Gasteiger partial charge < -0.3 is 10.5 Å². The van der Waals surface area contributed by atoms with Crippen molar-refractivity contribution in [2.75, 3.05) is 12.4 Å². The third-order valence-electron chi connectivity index (χ3n) is 2.13. The molecule has 1 amide bonds. The highest BCUT2D eigenvalue weighted by molar-refractivity contribution is 6.29. The highest BCUT2D eigenvalue weighted by Crippen LogP contribution is 2.16. The molecule has 0 saturated heterocycles. The number of nitrogens with two attached hydrogens (primary N) is 1. The molecule has 18 heavy (non-hydrogen) atoms. The van der Waals surface area contributed by atoms with E-state index >= 15 is 0 Å². The van der Waals surface area contributed by atoms with Crippen LogP contribution >= 0.6 is 11.6 Å². The number of anilines is 1. The van der Waals surface area contributed by atoms with E-state index in [-0.39, 0.29) is 22.5 Å². The van der Waals surface area contributed by atoms with Crippen LogP contribution in [0.3, 0.4) is 0 Å². The molecule has 100 valence electrons. The van der Waals surface area contributed by atoms with Crippen molar-refractivity contribution in [2.24, 2.45) is 5.73 Å². The quantitative estimate of drug-likeness (QED) is 0.795. The fraction of sp³-hybridized carbons (Fsp3) is 0.545. The Morgan fingerprint density at radius 3 is 2.78 bits per heavy atom. The van der Waals surface area contributed by atoms with Crippen molar-refractivity contribution in [1.29, 1.82) is 0 Å². The van der Waals surface area contributed by atoms with Crippen LogP contribution in [0, 0.1) is 0 Å². The van der Waals surface area contributed by atoms with Gasteiger partial charge in [-0.2, -0.15) is 4.98 Å². The summed E-state index contributed by atoms with van der Waals surface area (Å²) >= 11 is 5.76. The molecule has 1 rings (SSSR count). The standard InChI is InChI=1S/C11H17ClN4O2/c1-11(2,13)5-4-8(17)15-10-14-7(12)6-9(16-10)18-3/h6H,4-5,13H2,1-3H3,(H,14,15,16,17). The van der Waals surface area contributed by atoms with Gasteiger partial charge in [0.2, 0.25) is 17.7 Å². The lowest BCUT2D eigenvalue weighted by atomic mass is 10.00.